The molecule has 0 aliphatic heterocycles. The first-order chi connectivity index (χ1) is 7.40. The lowest BCUT2D eigenvalue weighted by Crippen LogP contribution is -2.23. The van der Waals surface area contributed by atoms with Gasteiger partial charge in [-0.25, -0.2) is 9.97 Å². The molecule has 2 aromatic rings. The van der Waals surface area contributed by atoms with Crippen LogP contribution in [0.5, 0.6) is 0 Å². The molecule has 0 radical (unpaired) electrons. The third-order valence-corrected chi connectivity index (χ3v) is 2.82. The van der Waals surface area contributed by atoms with Crippen molar-refractivity contribution in [3.63, 3.8) is 0 Å². The Morgan fingerprint density at radius 2 is 2.47 bits per heavy atom. The maximum Gasteiger partial charge on any atom is 0.107 e. The predicted octanol–water partition coefficient (Wildman–Crippen LogP) is 1.76. The summed E-state index contributed by atoms with van der Waals surface area (Å²) < 4.78 is 0. The molecule has 0 aliphatic rings. The zero-order valence-electron chi connectivity index (χ0n) is 8.60. The van der Waals surface area contributed by atoms with E-state index < -0.39 is 0 Å². The molecule has 2 N–H and O–H groups in total. The second-order valence-corrected chi connectivity index (χ2v) is 3.98. The van der Waals surface area contributed by atoms with Gasteiger partial charge < -0.3 is 10.3 Å². The number of thiazole rings is 1. The van der Waals surface area contributed by atoms with Crippen LogP contribution in [0.25, 0.3) is 0 Å². The van der Waals surface area contributed by atoms with E-state index in [0.29, 0.717) is 0 Å². The van der Waals surface area contributed by atoms with E-state index in [2.05, 4.69) is 32.6 Å². The summed E-state index contributed by atoms with van der Waals surface area (Å²) in [5, 5.41) is 5.49. The van der Waals surface area contributed by atoms with E-state index in [1.165, 1.54) is 0 Å². The lowest BCUT2D eigenvalue weighted by atomic mass is 10.1. The van der Waals surface area contributed by atoms with Crippen LogP contribution in [0.1, 0.15) is 24.5 Å². The van der Waals surface area contributed by atoms with Crippen LogP contribution in [0.4, 0.5) is 0 Å². The standard InChI is InChI=1S/C10H14N4S/c1-2-11-8(9-6-15-7-14-9)5-10-12-3-4-13-10/h3-4,6-8,11H,2,5H2,1H3,(H,12,13). The third-order valence-electron chi connectivity index (χ3n) is 2.21. The van der Waals surface area contributed by atoms with Crippen LogP contribution in [0.15, 0.2) is 23.3 Å². The van der Waals surface area contributed by atoms with Gasteiger partial charge in [0.15, 0.2) is 0 Å². The van der Waals surface area contributed by atoms with E-state index in [0.717, 1.165) is 24.5 Å². The molecule has 0 fully saturated rings. The Hall–Kier alpha value is -1.20. The molecule has 2 heterocycles. The van der Waals surface area contributed by atoms with Crippen LogP contribution >= 0.6 is 11.3 Å². The van der Waals surface area contributed by atoms with Crippen LogP contribution in [-0.2, 0) is 6.42 Å². The molecule has 4 nitrogen and oxygen atoms in total. The summed E-state index contributed by atoms with van der Waals surface area (Å²) in [6, 6.07) is 0.257. The van der Waals surface area contributed by atoms with Crippen molar-refractivity contribution in [2.75, 3.05) is 6.54 Å². The molecule has 0 saturated carbocycles. The summed E-state index contributed by atoms with van der Waals surface area (Å²) in [7, 11) is 0. The van der Waals surface area contributed by atoms with Gasteiger partial charge in [-0.3, -0.25) is 0 Å². The smallest absolute Gasteiger partial charge is 0.107 e. The highest BCUT2D eigenvalue weighted by atomic mass is 32.1. The van der Waals surface area contributed by atoms with Crippen molar-refractivity contribution in [1.29, 1.82) is 0 Å². The van der Waals surface area contributed by atoms with Gasteiger partial charge in [-0.15, -0.1) is 11.3 Å². The molecule has 5 heteroatoms. The van der Waals surface area contributed by atoms with E-state index in [1.54, 1.807) is 17.5 Å². The van der Waals surface area contributed by atoms with Crippen LogP contribution in [-0.4, -0.2) is 21.5 Å². The third kappa shape index (κ3) is 2.64. The second kappa shape index (κ2) is 5.04. The molecule has 2 rings (SSSR count). The second-order valence-electron chi connectivity index (χ2n) is 3.26. The fraction of sp³-hybridized carbons (Fsp3) is 0.400. The van der Waals surface area contributed by atoms with E-state index >= 15 is 0 Å². The highest BCUT2D eigenvalue weighted by Crippen LogP contribution is 2.16. The molecule has 1 atom stereocenters. The highest BCUT2D eigenvalue weighted by molar-refractivity contribution is 7.07. The molecular weight excluding hydrogens is 208 g/mol. The quantitative estimate of drug-likeness (QED) is 0.810. The van der Waals surface area contributed by atoms with Gasteiger partial charge >= 0.3 is 0 Å². The molecule has 15 heavy (non-hydrogen) atoms. The van der Waals surface area contributed by atoms with Gasteiger partial charge in [0.1, 0.15) is 5.82 Å². The van der Waals surface area contributed by atoms with Crippen molar-refractivity contribution in [3.05, 3.63) is 34.8 Å². The zero-order chi connectivity index (χ0) is 10.5. The predicted molar refractivity (Wildman–Crippen MR) is 60.8 cm³/mol. The molecule has 0 aliphatic carbocycles. The number of rotatable bonds is 5. The molecular formula is C10H14N4S. The number of imidazole rings is 1. The van der Waals surface area contributed by atoms with Crippen molar-refractivity contribution < 1.29 is 0 Å². The van der Waals surface area contributed by atoms with Gasteiger partial charge in [0.25, 0.3) is 0 Å². The normalized spacial score (nSPS) is 12.9. The molecule has 0 amide bonds. The monoisotopic (exact) mass is 222 g/mol. The van der Waals surface area contributed by atoms with Crippen molar-refractivity contribution >= 4 is 11.3 Å². The topological polar surface area (TPSA) is 53.6 Å². The van der Waals surface area contributed by atoms with Gasteiger partial charge in [0.05, 0.1) is 17.2 Å². The number of aromatic amines is 1. The number of hydrogen-bond acceptors (Lipinski definition) is 4. The van der Waals surface area contributed by atoms with Crippen molar-refractivity contribution in [1.82, 2.24) is 20.3 Å². The van der Waals surface area contributed by atoms with E-state index in [-0.39, 0.29) is 6.04 Å². The fourth-order valence-corrected chi connectivity index (χ4v) is 2.13. The Morgan fingerprint density at radius 3 is 3.07 bits per heavy atom. The van der Waals surface area contributed by atoms with Crippen LogP contribution in [0, 0.1) is 0 Å². The van der Waals surface area contributed by atoms with Gasteiger partial charge in [-0.1, -0.05) is 6.92 Å². The number of nitrogens with one attached hydrogen (secondary N) is 2. The summed E-state index contributed by atoms with van der Waals surface area (Å²) in [6.07, 6.45) is 4.48. The summed E-state index contributed by atoms with van der Waals surface area (Å²) in [5.74, 6) is 0.994. The largest absolute Gasteiger partial charge is 0.349 e. The summed E-state index contributed by atoms with van der Waals surface area (Å²) >= 11 is 1.62. The first-order valence-corrected chi connectivity index (χ1v) is 5.94. The maximum atomic E-state index is 4.33. The number of aromatic nitrogens is 3. The average molecular weight is 222 g/mol. The van der Waals surface area contributed by atoms with E-state index in [9.17, 15) is 0 Å². The lowest BCUT2D eigenvalue weighted by Gasteiger charge is -2.13. The number of hydrogen-bond donors (Lipinski definition) is 2. The van der Waals surface area contributed by atoms with Gasteiger partial charge in [0.2, 0.25) is 0 Å². The van der Waals surface area contributed by atoms with E-state index in [4.69, 9.17) is 0 Å². The van der Waals surface area contributed by atoms with Crippen LogP contribution in [0.3, 0.4) is 0 Å². The SMILES string of the molecule is CCNC(Cc1ncc[nH]1)c1cscn1. The molecule has 1 unspecified atom stereocenters. The molecule has 0 bridgehead atoms. The Labute approximate surface area is 92.8 Å². The first-order valence-electron chi connectivity index (χ1n) is 5.00. The summed E-state index contributed by atoms with van der Waals surface area (Å²) in [6.45, 7) is 3.03. The van der Waals surface area contributed by atoms with E-state index in [1.807, 2.05) is 11.7 Å². The maximum absolute atomic E-state index is 4.33. The minimum Gasteiger partial charge on any atom is -0.349 e. The molecule has 80 valence electrons. The average Bonchev–Trinajstić information content (AvgIpc) is 2.89. The molecule has 0 aromatic carbocycles. The van der Waals surface area contributed by atoms with Crippen molar-refractivity contribution in [3.8, 4) is 0 Å². The Morgan fingerprint density at radius 1 is 1.53 bits per heavy atom. The first kappa shape index (κ1) is 10.3. The molecule has 0 saturated heterocycles. The Balaban J connectivity index is 2.07. The Bertz CT molecular complexity index is 368. The highest BCUT2D eigenvalue weighted by Gasteiger charge is 2.13. The number of likely N-dealkylation sites (N-methyl/N-ethyl adjacent to an activating group) is 1. The van der Waals surface area contributed by atoms with Crippen molar-refractivity contribution in [2.24, 2.45) is 0 Å². The van der Waals surface area contributed by atoms with Gasteiger partial charge in [-0.2, -0.15) is 0 Å². The minimum atomic E-state index is 0.257. The van der Waals surface area contributed by atoms with Gasteiger partial charge in [-0.05, 0) is 6.54 Å². The molecule has 2 aromatic heterocycles. The van der Waals surface area contributed by atoms with Crippen molar-refractivity contribution in [2.45, 2.75) is 19.4 Å². The summed E-state index contributed by atoms with van der Waals surface area (Å²) in [5.41, 5.74) is 2.96. The minimum absolute atomic E-state index is 0.257. The number of nitrogens with zero attached hydrogens (tertiary/aromatic N) is 2. The Kier molecular flexibility index (Phi) is 3.47. The van der Waals surface area contributed by atoms with Crippen LogP contribution in [0.2, 0.25) is 0 Å². The van der Waals surface area contributed by atoms with Crippen LogP contribution < -0.4 is 5.32 Å². The zero-order valence-corrected chi connectivity index (χ0v) is 9.42. The lowest BCUT2D eigenvalue weighted by molar-refractivity contribution is 0.529. The summed E-state index contributed by atoms with van der Waals surface area (Å²) in [4.78, 5) is 11.7. The fourth-order valence-electron chi connectivity index (χ4n) is 1.52. The molecule has 0 spiro atoms. The van der Waals surface area contributed by atoms with Gasteiger partial charge in [0, 0.05) is 24.2 Å². The number of H-pyrrole nitrogens is 1.